The number of hydrogen-bond donors (Lipinski definition) is 1. The lowest BCUT2D eigenvalue weighted by Gasteiger charge is -2.26. The monoisotopic (exact) mass is 165 g/mol. The number of nitrogens with zero attached hydrogens (tertiary/aromatic N) is 1. The van der Waals surface area contributed by atoms with Crippen molar-refractivity contribution in [1.82, 2.24) is 0 Å². The molecular weight excluding hydrogens is 150 g/mol. The zero-order valence-electron chi connectivity index (χ0n) is 7.72. The molecular formula is C10H15NO. The molecule has 0 amide bonds. The van der Waals surface area contributed by atoms with Gasteiger partial charge >= 0.3 is 0 Å². The minimum atomic E-state index is -0.918. The van der Waals surface area contributed by atoms with Crippen LogP contribution in [-0.2, 0) is 0 Å². The molecule has 1 N–H and O–H groups in total. The lowest BCUT2D eigenvalue weighted by Crippen LogP contribution is -2.28. The first kappa shape index (κ1) is 9.28. The van der Waals surface area contributed by atoms with Crippen molar-refractivity contribution in [1.29, 1.82) is 5.26 Å². The summed E-state index contributed by atoms with van der Waals surface area (Å²) in [5.41, 5.74) is -0.110. The van der Waals surface area contributed by atoms with Crippen molar-refractivity contribution in [2.24, 2.45) is 5.41 Å². The molecule has 0 aromatic rings. The van der Waals surface area contributed by atoms with Crippen molar-refractivity contribution >= 4 is 0 Å². The Bertz CT molecular complexity index is 249. The van der Waals surface area contributed by atoms with Crippen LogP contribution in [0.5, 0.6) is 0 Å². The fourth-order valence-corrected chi connectivity index (χ4v) is 1.78. The van der Waals surface area contributed by atoms with Gasteiger partial charge in [-0.3, -0.25) is 0 Å². The van der Waals surface area contributed by atoms with E-state index in [2.05, 4.69) is 20.4 Å². The second-order valence-corrected chi connectivity index (χ2v) is 4.23. The average Bonchev–Trinajstić information content (AvgIpc) is 2.17. The van der Waals surface area contributed by atoms with Crippen LogP contribution in [0.2, 0.25) is 0 Å². The van der Waals surface area contributed by atoms with E-state index in [1.165, 1.54) is 0 Å². The summed E-state index contributed by atoms with van der Waals surface area (Å²) in [6.07, 6.45) is 1.77. The zero-order valence-corrected chi connectivity index (χ0v) is 7.72. The quantitative estimate of drug-likeness (QED) is 0.604. The van der Waals surface area contributed by atoms with Gasteiger partial charge < -0.3 is 5.11 Å². The molecule has 0 aliphatic heterocycles. The molecule has 2 nitrogen and oxygen atoms in total. The smallest absolute Gasteiger partial charge is 0.0989 e. The Balaban J connectivity index is 2.87. The van der Waals surface area contributed by atoms with Gasteiger partial charge in [0.05, 0.1) is 18.1 Å². The molecule has 0 bridgehead atoms. The fraction of sp³-hybridized carbons (Fsp3) is 0.700. The Kier molecular flexibility index (Phi) is 2.01. The van der Waals surface area contributed by atoms with E-state index in [0.717, 1.165) is 12.0 Å². The molecule has 2 heteroatoms. The van der Waals surface area contributed by atoms with Crippen LogP contribution in [0.3, 0.4) is 0 Å². The minimum Gasteiger partial charge on any atom is -0.384 e. The van der Waals surface area contributed by atoms with Crippen molar-refractivity contribution in [3.63, 3.8) is 0 Å². The fourth-order valence-electron chi connectivity index (χ4n) is 1.78. The molecule has 0 heterocycles. The van der Waals surface area contributed by atoms with Gasteiger partial charge in [-0.15, -0.1) is 0 Å². The van der Waals surface area contributed by atoms with Crippen LogP contribution in [-0.4, -0.2) is 10.7 Å². The summed E-state index contributed by atoms with van der Waals surface area (Å²) in [4.78, 5) is 0. The van der Waals surface area contributed by atoms with Gasteiger partial charge in [0.2, 0.25) is 0 Å². The predicted molar refractivity (Wildman–Crippen MR) is 47.3 cm³/mol. The summed E-state index contributed by atoms with van der Waals surface area (Å²) in [6, 6.07) is 2.01. The molecule has 0 spiro atoms. The van der Waals surface area contributed by atoms with E-state index in [0.29, 0.717) is 6.42 Å². The van der Waals surface area contributed by atoms with Crippen LogP contribution in [0.4, 0.5) is 0 Å². The maximum Gasteiger partial charge on any atom is 0.0989 e. The Morgan fingerprint density at radius 1 is 1.58 bits per heavy atom. The molecule has 66 valence electrons. The first-order valence-corrected chi connectivity index (χ1v) is 4.21. The first-order valence-electron chi connectivity index (χ1n) is 4.21. The Morgan fingerprint density at radius 2 is 2.17 bits per heavy atom. The summed E-state index contributed by atoms with van der Waals surface area (Å²) >= 11 is 0. The Labute approximate surface area is 73.5 Å². The highest BCUT2D eigenvalue weighted by atomic mass is 16.3. The van der Waals surface area contributed by atoms with E-state index < -0.39 is 5.60 Å². The molecule has 1 fully saturated rings. The van der Waals surface area contributed by atoms with Crippen LogP contribution in [0.15, 0.2) is 12.2 Å². The largest absolute Gasteiger partial charge is 0.384 e. The van der Waals surface area contributed by atoms with Crippen molar-refractivity contribution < 1.29 is 5.11 Å². The van der Waals surface area contributed by atoms with Gasteiger partial charge in [0.15, 0.2) is 0 Å². The molecule has 1 aliphatic carbocycles. The highest BCUT2D eigenvalue weighted by Gasteiger charge is 2.45. The van der Waals surface area contributed by atoms with Gasteiger partial charge in [0.25, 0.3) is 0 Å². The van der Waals surface area contributed by atoms with Gasteiger partial charge in [-0.25, -0.2) is 0 Å². The minimum absolute atomic E-state index is 0.00833. The van der Waals surface area contributed by atoms with E-state index in [-0.39, 0.29) is 11.8 Å². The van der Waals surface area contributed by atoms with Crippen LogP contribution in [0, 0.1) is 16.7 Å². The molecule has 1 unspecified atom stereocenters. The SMILES string of the molecule is C=C1C(C)(C)CCC1(O)CC#N. The molecule has 1 aliphatic rings. The summed E-state index contributed by atoms with van der Waals surface area (Å²) < 4.78 is 0. The molecule has 1 rings (SSSR count). The lowest BCUT2D eigenvalue weighted by atomic mass is 9.83. The lowest BCUT2D eigenvalue weighted by molar-refractivity contribution is 0.0885. The van der Waals surface area contributed by atoms with Crippen LogP contribution >= 0.6 is 0 Å². The summed E-state index contributed by atoms with van der Waals surface area (Å²) in [5, 5.41) is 18.5. The van der Waals surface area contributed by atoms with E-state index in [1.54, 1.807) is 0 Å². The normalized spacial score (nSPS) is 33.3. The van der Waals surface area contributed by atoms with Gasteiger partial charge in [0, 0.05) is 0 Å². The second kappa shape index (κ2) is 2.60. The molecule has 0 radical (unpaired) electrons. The van der Waals surface area contributed by atoms with E-state index in [4.69, 9.17) is 5.26 Å². The maximum absolute atomic E-state index is 9.97. The topological polar surface area (TPSA) is 44.0 Å². The molecule has 0 aromatic heterocycles. The van der Waals surface area contributed by atoms with Crippen LogP contribution < -0.4 is 0 Å². The van der Waals surface area contributed by atoms with Gasteiger partial charge in [-0.2, -0.15) is 5.26 Å². The van der Waals surface area contributed by atoms with E-state index in [9.17, 15) is 5.11 Å². The van der Waals surface area contributed by atoms with Crippen LogP contribution in [0.25, 0.3) is 0 Å². The third kappa shape index (κ3) is 1.25. The van der Waals surface area contributed by atoms with Gasteiger partial charge in [0.1, 0.15) is 0 Å². The maximum atomic E-state index is 9.97. The van der Waals surface area contributed by atoms with Crippen molar-refractivity contribution in [2.45, 2.75) is 38.7 Å². The highest BCUT2D eigenvalue weighted by Crippen LogP contribution is 2.48. The standard InChI is InChI=1S/C10H15NO/c1-8-9(2,3)4-5-10(8,12)6-7-11/h12H,1,4-6H2,2-3H3. The first-order chi connectivity index (χ1) is 5.42. The zero-order chi connectivity index (χ0) is 9.41. The molecule has 12 heavy (non-hydrogen) atoms. The molecule has 1 saturated carbocycles. The van der Waals surface area contributed by atoms with E-state index in [1.807, 2.05) is 6.07 Å². The number of hydrogen-bond acceptors (Lipinski definition) is 2. The molecule has 1 atom stereocenters. The van der Waals surface area contributed by atoms with Crippen molar-refractivity contribution in [3.05, 3.63) is 12.2 Å². The second-order valence-electron chi connectivity index (χ2n) is 4.23. The number of rotatable bonds is 1. The molecule has 0 aromatic carbocycles. The van der Waals surface area contributed by atoms with Crippen molar-refractivity contribution in [3.8, 4) is 6.07 Å². The Hall–Kier alpha value is -0.810. The summed E-state index contributed by atoms with van der Waals surface area (Å²) in [6.45, 7) is 8.00. The van der Waals surface area contributed by atoms with Gasteiger partial charge in [-0.1, -0.05) is 20.4 Å². The average molecular weight is 165 g/mol. The number of aliphatic hydroxyl groups is 1. The predicted octanol–water partition coefficient (Wildman–Crippen LogP) is 2.01. The van der Waals surface area contributed by atoms with E-state index >= 15 is 0 Å². The van der Waals surface area contributed by atoms with Gasteiger partial charge in [-0.05, 0) is 23.8 Å². The Morgan fingerprint density at radius 3 is 2.50 bits per heavy atom. The third-order valence-corrected chi connectivity index (χ3v) is 2.91. The third-order valence-electron chi connectivity index (χ3n) is 2.91. The van der Waals surface area contributed by atoms with Crippen molar-refractivity contribution in [2.75, 3.05) is 0 Å². The molecule has 0 saturated heterocycles. The summed E-state index contributed by atoms with van der Waals surface area (Å²) in [5.74, 6) is 0. The van der Waals surface area contributed by atoms with Crippen LogP contribution in [0.1, 0.15) is 33.1 Å². The highest BCUT2D eigenvalue weighted by molar-refractivity contribution is 5.27. The number of nitriles is 1. The summed E-state index contributed by atoms with van der Waals surface area (Å²) in [7, 11) is 0.